The van der Waals surface area contributed by atoms with Gasteiger partial charge in [0.25, 0.3) is 0 Å². The lowest BCUT2D eigenvalue weighted by Crippen LogP contribution is -2.30. The normalized spacial score (nSPS) is 10.8. The highest BCUT2D eigenvalue weighted by Crippen LogP contribution is 2.09. The second-order valence-electron chi connectivity index (χ2n) is 2.85. The summed E-state index contributed by atoms with van der Waals surface area (Å²) in [4.78, 5) is 21.4. The largest absolute Gasteiger partial charge is 0.463 e. The Labute approximate surface area is 76.0 Å². The molecule has 0 saturated carbocycles. The van der Waals surface area contributed by atoms with Gasteiger partial charge in [-0.1, -0.05) is 0 Å². The van der Waals surface area contributed by atoms with Crippen LogP contribution < -0.4 is 0 Å². The van der Waals surface area contributed by atoms with Crippen LogP contribution in [0.4, 0.5) is 4.39 Å². The van der Waals surface area contributed by atoms with Crippen molar-refractivity contribution in [3.05, 3.63) is 0 Å². The molecular formula is C8H13FO4. The first-order valence-corrected chi connectivity index (χ1v) is 3.89. The molecule has 0 rings (SSSR count). The van der Waals surface area contributed by atoms with E-state index < -0.39 is 24.2 Å². The number of alkyl halides is 1. The molecule has 0 N–H and O–H groups in total. The Morgan fingerprint density at radius 1 is 1.31 bits per heavy atom. The molecule has 0 bridgehead atoms. The fraction of sp³-hybridized carbons (Fsp3) is 0.750. The maximum absolute atomic E-state index is 12.8. The highest BCUT2D eigenvalue weighted by molar-refractivity contribution is 5.81. The first kappa shape index (κ1) is 11.9. The van der Waals surface area contributed by atoms with Crippen LogP contribution in [-0.4, -0.2) is 30.8 Å². The minimum absolute atomic E-state index is 0.204. The van der Waals surface area contributed by atoms with Crippen LogP contribution in [0, 0.1) is 0 Å². The molecule has 0 fully saturated rings. The lowest BCUT2D eigenvalue weighted by atomic mass is 10.2. The zero-order valence-corrected chi connectivity index (χ0v) is 7.93. The molecule has 0 aliphatic rings. The molecule has 0 radical (unpaired) electrons. The van der Waals surface area contributed by atoms with Crippen LogP contribution >= 0.6 is 0 Å². The van der Waals surface area contributed by atoms with E-state index in [1.807, 2.05) is 0 Å². The van der Waals surface area contributed by atoms with Crippen LogP contribution in [0.5, 0.6) is 0 Å². The number of carbonyl (C=O) groups is 2. The van der Waals surface area contributed by atoms with Gasteiger partial charge in [0.15, 0.2) is 6.61 Å². The highest BCUT2D eigenvalue weighted by Gasteiger charge is 2.29. The summed E-state index contributed by atoms with van der Waals surface area (Å²) in [6.45, 7) is 3.40. The van der Waals surface area contributed by atoms with Gasteiger partial charge in [-0.25, -0.2) is 14.0 Å². The number of carbonyl (C=O) groups excluding carboxylic acids is 2. The van der Waals surface area contributed by atoms with Crippen LogP contribution in [0.1, 0.15) is 20.8 Å². The Morgan fingerprint density at radius 3 is 2.23 bits per heavy atom. The van der Waals surface area contributed by atoms with E-state index >= 15 is 0 Å². The molecule has 0 aliphatic heterocycles. The Kier molecular flexibility index (Phi) is 4.37. The van der Waals surface area contributed by atoms with E-state index in [2.05, 4.69) is 9.47 Å². The molecule has 13 heavy (non-hydrogen) atoms. The van der Waals surface area contributed by atoms with E-state index in [1.165, 1.54) is 0 Å². The standard InChI is InChI=1S/C8H13FO4/c1-4-12-6(10)5-13-7(11)8(2,3)9/h4-5H2,1-3H3. The van der Waals surface area contributed by atoms with Gasteiger partial charge in [-0.2, -0.15) is 0 Å². The molecule has 0 saturated heterocycles. The van der Waals surface area contributed by atoms with Crippen molar-refractivity contribution in [3.63, 3.8) is 0 Å². The van der Waals surface area contributed by atoms with Gasteiger partial charge >= 0.3 is 11.9 Å². The Balaban J connectivity index is 3.77. The molecule has 0 aliphatic carbocycles. The zero-order chi connectivity index (χ0) is 10.5. The maximum Gasteiger partial charge on any atom is 0.344 e. The van der Waals surface area contributed by atoms with E-state index in [-0.39, 0.29) is 6.61 Å². The molecule has 0 unspecified atom stereocenters. The topological polar surface area (TPSA) is 52.6 Å². The molecule has 0 aromatic carbocycles. The van der Waals surface area contributed by atoms with Gasteiger partial charge in [-0.05, 0) is 20.8 Å². The first-order chi connectivity index (χ1) is 5.88. The van der Waals surface area contributed by atoms with Crippen molar-refractivity contribution in [2.75, 3.05) is 13.2 Å². The van der Waals surface area contributed by atoms with Crippen LogP contribution in [0.3, 0.4) is 0 Å². The Hall–Kier alpha value is -1.13. The monoisotopic (exact) mass is 192 g/mol. The van der Waals surface area contributed by atoms with Gasteiger partial charge in [0.2, 0.25) is 5.67 Å². The van der Waals surface area contributed by atoms with Gasteiger partial charge in [0, 0.05) is 0 Å². The molecule has 0 amide bonds. The number of ether oxygens (including phenoxy) is 2. The quantitative estimate of drug-likeness (QED) is 0.619. The SMILES string of the molecule is CCOC(=O)COC(=O)C(C)(C)F. The van der Waals surface area contributed by atoms with Gasteiger partial charge in [0.1, 0.15) is 0 Å². The summed E-state index contributed by atoms with van der Waals surface area (Å²) in [5, 5.41) is 0. The van der Waals surface area contributed by atoms with Crippen LogP contribution in [0.2, 0.25) is 0 Å². The fourth-order valence-electron chi connectivity index (χ4n) is 0.499. The molecule has 4 nitrogen and oxygen atoms in total. The predicted octanol–water partition coefficient (Wildman–Crippen LogP) is 0.841. The third-order valence-corrected chi connectivity index (χ3v) is 1.11. The average Bonchev–Trinajstić information content (AvgIpc) is 1.99. The number of rotatable bonds is 4. The average molecular weight is 192 g/mol. The van der Waals surface area contributed by atoms with E-state index in [4.69, 9.17) is 0 Å². The molecule has 0 aromatic heterocycles. The third-order valence-electron chi connectivity index (χ3n) is 1.11. The van der Waals surface area contributed by atoms with Gasteiger partial charge < -0.3 is 9.47 Å². The summed E-state index contributed by atoms with van der Waals surface area (Å²) < 4.78 is 21.6. The van der Waals surface area contributed by atoms with Crippen molar-refractivity contribution >= 4 is 11.9 Å². The number of hydrogen-bond acceptors (Lipinski definition) is 4. The molecule has 0 spiro atoms. The molecule has 0 atom stereocenters. The molecule has 0 heterocycles. The molecular weight excluding hydrogens is 179 g/mol. The summed E-state index contributed by atoms with van der Waals surface area (Å²) in [5.41, 5.74) is -2.08. The molecule has 76 valence electrons. The fourth-order valence-corrected chi connectivity index (χ4v) is 0.499. The number of hydrogen-bond donors (Lipinski definition) is 0. The zero-order valence-electron chi connectivity index (χ0n) is 7.93. The van der Waals surface area contributed by atoms with Gasteiger partial charge in [-0.3, -0.25) is 0 Å². The van der Waals surface area contributed by atoms with Gasteiger partial charge in [-0.15, -0.1) is 0 Å². The maximum atomic E-state index is 12.8. The highest BCUT2D eigenvalue weighted by atomic mass is 19.1. The van der Waals surface area contributed by atoms with Crippen LogP contribution in [0.15, 0.2) is 0 Å². The predicted molar refractivity (Wildman–Crippen MR) is 42.8 cm³/mol. The summed E-state index contributed by atoms with van der Waals surface area (Å²) in [7, 11) is 0. The second-order valence-corrected chi connectivity index (χ2v) is 2.85. The molecule has 0 aromatic rings. The summed E-state index contributed by atoms with van der Waals surface area (Å²) in [6, 6.07) is 0. The molecule has 5 heteroatoms. The van der Waals surface area contributed by atoms with E-state index in [0.29, 0.717) is 0 Å². The van der Waals surface area contributed by atoms with E-state index in [0.717, 1.165) is 13.8 Å². The summed E-state index contributed by atoms with van der Waals surface area (Å²) in [5.74, 6) is -1.75. The van der Waals surface area contributed by atoms with Crippen LogP contribution in [0.25, 0.3) is 0 Å². The second kappa shape index (κ2) is 4.79. The summed E-state index contributed by atoms with van der Waals surface area (Å²) >= 11 is 0. The lowest BCUT2D eigenvalue weighted by molar-refractivity contribution is -0.165. The number of esters is 2. The van der Waals surface area contributed by atoms with Crippen molar-refractivity contribution in [1.29, 1.82) is 0 Å². The summed E-state index contributed by atoms with van der Waals surface area (Å²) in [6.07, 6.45) is 0. The van der Waals surface area contributed by atoms with E-state index in [1.54, 1.807) is 6.92 Å². The van der Waals surface area contributed by atoms with Crippen LogP contribution in [-0.2, 0) is 19.1 Å². The van der Waals surface area contributed by atoms with Crippen molar-refractivity contribution in [1.82, 2.24) is 0 Å². The lowest BCUT2D eigenvalue weighted by Gasteiger charge is -2.12. The minimum atomic E-state index is -2.08. The Morgan fingerprint density at radius 2 is 1.85 bits per heavy atom. The van der Waals surface area contributed by atoms with Crippen molar-refractivity contribution < 1.29 is 23.5 Å². The smallest absolute Gasteiger partial charge is 0.344 e. The van der Waals surface area contributed by atoms with Crippen molar-refractivity contribution in [2.24, 2.45) is 0 Å². The first-order valence-electron chi connectivity index (χ1n) is 3.89. The van der Waals surface area contributed by atoms with E-state index in [9.17, 15) is 14.0 Å². The van der Waals surface area contributed by atoms with Crippen molar-refractivity contribution in [3.8, 4) is 0 Å². The minimum Gasteiger partial charge on any atom is -0.463 e. The van der Waals surface area contributed by atoms with Gasteiger partial charge in [0.05, 0.1) is 6.61 Å². The number of halogens is 1. The third kappa shape index (κ3) is 5.16. The Bertz CT molecular complexity index is 195. The van der Waals surface area contributed by atoms with Crippen molar-refractivity contribution in [2.45, 2.75) is 26.4 Å².